The highest BCUT2D eigenvalue weighted by Crippen LogP contribution is 2.46. The maximum absolute atomic E-state index is 4.90. The monoisotopic (exact) mass is 862 g/mol. The van der Waals surface area contributed by atoms with Gasteiger partial charge >= 0.3 is 0 Å². The van der Waals surface area contributed by atoms with Gasteiger partial charge < -0.3 is 9.13 Å². The van der Waals surface area contributed by atoms with E-state index >= 15 is 0 Å². The van der Waals surface area contributed by atoms with E-state index in [2.05, 4.69) is 228 Å². The van der Waals surface area contributed by atoms with Gasteiger partial charge in [0, 0.05) is 50.7 Å². The van der Waals surface area contributed by atoms with E-state index in [9.17, 15) is 0 Å². The Morgan fingerprint density at radius 1 is 0.250 bits per heavy atom. The van der Waals surface area contributed by atoms with Crippen LogP contribution in [0.4, 0.5) is 0 Å². The van der Waals surface area contributed by atoms with Crippen molar-refractivity contribution in [2.75, 3.05) is 0 Å². The Morgan fingerprint density at radius 2 is 0.794 bits per heavy atom. The quantitative estimate of drug-likeness (QED) is 0.165. The van der Waals surface area contributed by atoms with Gasteiger partial charge in [-0.15, -0.1) is 0 Å². The molecule has 0 atom stereocenters. The van der Waals surface area contributed by atoms with Crippen molar-refractivity contribution in [1.82, 2.24) is 19.1 Å². The number of hydrogen-bond donors (Lipinski definition) is 0. The summed E-state index contributed by atoms with van der Waals surface area (Å²) in [5, 5.41) is 17.0. The predicted molar refractivity (Wildman–Crippen MR) is 287 cm³/mol. The van der Waals surface area contributed by atoms with Crippen molar-refractivity contribution in [2.45, 2.75) is 0 Å². The van der Waals surface area contributed by atoms with Crippen molar-refractivity contribution in [3.8, 4) is 33.6 Å². The highest BCUT2D eigenvalue weighted by Gasteiger charge is 2.22. The Kier molecular flexibility index (Phi) is 7.75. The average Bonchev–Trinajstić information content (AvgIpc) is 3.91. The first-order chi connectivity index (χ1) is 33.7. The van der Waals surface area contributed by atoms with Crippen molar-refractivity contribution in [1.29, 1.82) is 0 Å². The number of para-hydroxylation sites is 1. The van der Waals surface area contributed by atoms with Gasteiger partial charge in [0.15, 0.2) is 0 Å². The van der Waals surface area contributed by atoms with Crippen LogP contribution in [-0.2, 0) is 0 Å². The lowest BCUT2D eigenvalue weighted by Gasteiger charge is -2.19. The van der Waals surface area contributed by atoms with E-state index in [1.54, 1.807) is 12.4 Å². The van der Waals surface area contributed by atoms with Crippen LogP contribution in [0.5, 0.6) is 0 Å². The van der Waals surface area contributed by atoms with Gasteiger partial charge in [-0.05, 0) is 131 Å². The lowest BCUT2D eigenvalue weighted by atomic mass is 9.87. The van der Waals surface area contributed by atoms with Crippen molar-refractivity contribution in [3.05, 3.63) is 231 Å². The Bertz CT molecular complexity index is 4630. The fourth-order valence-corrected chi connectivity index (χ4v) is 11.5. The smallest absolute Gasteiger partial charge is 0.0893 e. The summed E-state index contributed by atoms with van der Waals surface area (Å²) < 4.78 is 4.99. The Morgan fingerprint density at radius 3 is 1.56 bits per heavy atom. The van der Waals surface area contributed by atoms with Gasteiger partial charge in [0.1, 0.15) is 0 Å². The molecule has 3 aromatic heterocycles. The zero-order valence-electron chi connectivity index (χ0n) is 36.7. The fraction of sp³-hybridized carbons (Fsp3) is 0. The molecule has 0 N–H and O–H groups in total. The molecule has 314 valence electrons. The molecule has 0 bridgehead atoms. The Balaban J connectivity index is 1.06. The number of fused-ring (bicyclic) bond motifs is 14. The second-order valence-corrected chi connectivity index (χ2v) is 18.1. The normalized spacial score (nSPS) is 12.1. The zero-order valence-corrected chi connectivity index (χ0v) is 36.7. The largest absolute Gasteiger partial charge is 0.309 e. The van der Waals surface area contributed by atoms with Gasteiger partial charge in [-0.2, -0.15) is 0 Å². The molecule has 0 aliphatic rings. The van der Waals surface area contributed by atoms with E-state index in [0.717, 1.165) is 55.5 Å². The first-order valence-electron chi connectivity index (χ1n) is 23.3. The lowest BCUT2D eigenvalue weighted by Crippen LogP contribution is -1.99. The summed E-state index contributed by atoms with van der Waals surface area (Å²) >= 11 is 0. The van der Waals surface area contributed by atoms with Gasteiger partial charge in [-0.25, -0.2) is 0 Å². The van der Waals surface area contributed by atoms with E-state index in [4.69, 9.17) is 9.97 Å². The van der Waals surface area contributed by atoms with Crippen LogP contribution in [-0.4, -0.2) is 19.1 Å². The summed E-state index contributed by atoms with van der Waals surface area (Å²) in [4.78, 5) is 9.78. The maximum Gasteiger partial charge on any atom is 0.0893 e. The van der Waals surface area contributed by atoms with E-state index in [1.807, 2.05) is 0 Å². The first kappa shape index (κ1) is 37.1. The van der Waals surface area contributed by atoms with Crippen LogP contribution >= 0.6 is 0 Å². The summed E-state index contributed by atoms with van der Waals surface area (Å²) in [7, 11) is 0. The van der Waals surface area contributed by atoms with Gasteiger partial charge in [0.05, 0.1) is 33.1 Å². The molecule has 0 saturated heterocycles. The van der Waals surface area contributed by atoms with E-state index in [-0.39, 0.29) is 0 Å². The summed E-state index contributed by atoms with van der Waals surface area (Å²) in [5.74, 6) is 0. The molecule has 0 radical (unpaired) electrons. The fourth-order valence-electron chi connectivity index (χ4n) is 11.5. The molecule has 12 aromatic carbocycles. The second-order valence-electron chi connectivity index (χ2n) is 18.1. The van der Waals surface area contributed by atoms with Gasteiger partial charge in [0.2, 0.25) is 0 Å². The number of hydrogen-bond acceptors (Lipinski definition) is 2. The molecule has 15 aromatic rings. The van der Waals surface area contributed by atoms with Gasteiger partial charge in [-0.1, -0.05) is 158 Å². The Hall–Kier alpha value is -9.12. The zero-order chi connectivity index (χ0) is 44.5. The highest BCUT2D eigenvalue weighted by molar-refractivity contribution is 6.20. The van der Waals surface area contributed by atoms with Crippen LogP contribution in [0, 0.1) is 0 Å². The maximum atomic E-state index is 4.90. The number of benzene rings is 12. The highest BCUT2D eigenvalue weighted by atomic mass is 15.0. The topological polar surface area (TPSA) is 35.6 Å². The molecular weight excluding hydrogens is 825 g/mol. The van der Waals surface area contributed by atoms with Crippen LogP contribution in [0.1, 0.15) is 0 Å². The van der Waals surface area contributed by atoms with Crippen molar-refractivity contribution < 1.29 is 0 Å². The molecule has 4 heteroatoms. The third kappa shape index (κ3) is 5.37. The molecule has 0 aliphatic heterocycles. The third-order valence-electron chi connectivity index (χ3n) is 14.5. The van der Waals surface area contributed by atoms with Crippen LogP contribution in [0.2, 0.25) is 0 Å². The predicted octanol–water partition coefficient (Wildman–Crippen LogP) is 16.9. The SMILES string of the molecule is c1ccc2cc3c(cc2c1)c1ccc(-n2c4ccccc4c4ccc5ccccc5c42)cc1n3-c1cc(-c2cc3nccnc3cc2-c2cc3ccccc3c3ccccc23)c2ccccc2c1. The first-order valence-corrected chi connectivity index (χ1v) is 23.3. The minimum atomic E-state index is 0.859. The molecule has 15 rings (SSSR count). The van der Waals surface area contributed by atoms with Crippen LogP contribution < -0.4 is 0 Å². The van der Waals surface area contributed by atoms with E-state index in [0.29, 0.717) is 0 Å². The molecule has 68 heavy (non-hydrogen) atoms. The summed E-state index contributed by atoms with van der Waals surface area (Å²) in [6.45, 7) is 0. The molecule has 0 saturated carbocycles. The molecular formula is C64H38N4. The van der Waals surface area contributed by atoms with Crippen LogP contribution in [0.15, 0.2) is 231 Å². The molecule has 0 aliphatic carbocycles. The van der Waals surface area contributed by atoms with Crippen molar-refractivity contribution in [3.63, 3.8) is 0 Å². The molecule has 4 nitrogen and oxygen atoms in total. The summed E-state index contributed by atoms with van der Waals surface area (Å²) in [6, 6.07) is 80.8. The molecule has 0 fully saturated rings. The molecule has 3 heterocycles. The number of rotatable bonds is 4. The molecule has 0 amide bonds. The van der Waals surface area contributed by atoms with Gasteiger partial charge in [-0.3, -0.25) is 9.97 Å². The van der Waals surface area contributed by atoms with Crippen LogP contribution in [0.3, 0.4) is 0 Å². The molecule has 0 unspecified atom stereocenters. The van der Waals surface area contributed by atoms with Crippen molar-refractivity contribution in [2.24, 2.45) is 0 Å². The molecule has 0 spiro atoms. The summed E-state index contributed by atoms with van der Waals surface area (Å²) in [6.07, 6.45) is 3.59. The van der Waals surface area contributed by atoms with E-state index < -0.39 is 0 Å². The number of aromatic nitrogens is 4. The van der Waals surface area contributed by atoms with Crippen molar-refractivity contribution >= 4 is 109 Å². The average molecular weight is 863 g/mol. The minimum Gasteiger partial charge on any atom is -0.309 e. The lowest BCUT2D eigenvalue weighted by molar-refractivity contribution is 1.16. The standard InChI is InChI=1S/C64H38N4/c1-2-15-41-34-62-58(32-40(41)14-1)52-28-26-44(68-61-24-12-11-23-51(61)53-27-25-39-13-3-8-20-48(39)64(53)68)36-63(52)67(62)45-31-42-16-4-7-19-47(42)55(35-45)57-38-60-59(65-29-30-66-60)37-56(57)54-33-43-17-5-6-18-46(43)49-21-9-10-22-50(49)54/h1-38H. The Labute approximate surface area is 390 Å². The second kappa shape index (κ2) is 14.2. The summed E-state index contributed by atoms with van der Waals surface area (Å²) in [5.41, 5.74) is 13.2. The minimum absolute atomic E-state index is 0.859. The third-order valence-corrected chi connectivity index (χ3v) is 14.5. The van der Waals surface area contributed by atoms with Crippen LogP contribution in [0.25, 0.3) is 142 Å². The van der Waals surface area contributed by atoms with E-state index in [1.165, 1.54) is 86.6 Å². The number of nitrogens with zero attached hydrogens (tertiary/aromatic N) is 4. The van der Waals surface area contributed by atoms with Gasteiger partial charge in [0.25, 0.3) is 0 Å².